The summed E-state index contributed by atoms with van der Waals surface area (Å²) in [4.78, 5) is 21.4. The maximum absolute atomic E-state index is 13.8. The van der Waals surface area contributed by atoms with Crippen LogP contribution in [0.25, 0.3) is 11.0 Å². The largest absolute Gasteiger partial charge is 0.304 e. The van der Waals surface area contributed by atoms with E-state index in [0.717, 1.165) is 56.4 Å². The first-order valence-electron chi connectivity index (χ1n) is 16.5. The molecule has 2 N–H and O–H groups in total. The molecule has 1 aliphatic heterocycles. The molecule has 3 fully saturated rings. The molecule has 4 atom stereocenters. The minimum Gasteiger partial charge on any atom is -0.304 e. The molecule has 2 aliphatic carbocycles. The zero-order chi connectivity index (χ0) is 30.9. The van der Waals surface area contributed by atoms with E-state index in [2.05, 4.69) is 58.1 Å². The van der Waals surface area contributed by atoms with Crippen LogP contribution in [0.4, 0.5) is 5.95 Å². The summed E-state index contributed by atoms with van der Waals surface area (Å²) < 4.78 is 30.4. The third-order valence-corrected chi connectivity index (χ3v) is 11.6. The number of amides is 1. The second-order valence-corrected chi connectivity index (χ2v) is 15.4. The summed E-state index contributed by atoms with van der Waals surface area (Å²) in [5.74, 6) is 2.09. The van der Waals surface area contributed by atoms with E-state index in [-0.39, 0.29) is 28.4 Å². The number of nitrogens with zero attached hydrogens (tertiary/aromatic N) is 3. The van der Waals surface area contributed by atoms with Gasteiger partial charge >= 0.3 is 0 Å². The van der Waals surface area contributed by atoms with Gasteiger partial charge in [0, 0.05) is 24.2 Å². The number of imidazole rings is 1. The number of piperidine rings is 1. The van der Waals surface area contributed by atoms with Gasteiger partial charge in [0.25, 0.3) is 5.91 Å². The first-order chi connectivity index (χ1) is 21.2. The van der Waals surface area contributed by atoms with E-state index in [4.69, 9.17) is 4.98 Å². The second-order valence-electron chi connectivity index (χ2n) is 13.6. The van der Waals surface area contributed by atoms with Crippen LogP contribution in [0.2, 0.25) is 0 Å². The standard InChI is InChI=1S/C35H47N5O3S/c1-4-14-36-44(42,43)30-11-9-10-29(20-30)33(41)38-34-37-31-13-12-27(24-39-15-7-6-8-16-39)19-32(31)40(34)35-21-25(3)17-28(23-35)18-26(5-2)22-35/h4,9-13,19-20,25-26,28,36H,1,5-8,14-18,21-24H2,2-3H3,(H,37,38,41). The number of aromatic nitrogens is 2. The minimum atomic E-state index is -3.77. The Hall–Kier alpha value is -3.01. The average molecular weight is 618 g/mol. The lowest BCUT2D eigenvalue weighted by atomic mass is 9.60. The summed E-state index contributed by atoms with van der Waals surface area (Å²) in [6.45, 7) is 11.6. The van der Waals surface area contributed by atoms with Gasteiger partial charge in [-0.15, -0.1) is 6.58 Å². The summed E-state index contributed by atoms with van der Waals surface area (Å²) in [5.41, 5.74) is 3.41. The van der Waals surface area contributed by atoms with Gasteiger partial charge in [0.2, 0.25) is 16.0 Å². The number of hydrogen-bond donors (Lipinski definition) is 2. The predicted molar refractivity (Wildman–Crippen MR) is 176 cm³/mol. The lowest BCUT2D eigenvalue weighted by molar-refractivity contribution is 0.0256. The molecule has 2 aromatic carbocycles. The Balaban J connectivity index is 1.40. The van der Waals surface area contributed by atoms with Crippen molar-refractivity contribution in [1.82, 2.24) is 19.2 Å². The fourth-order valence-electron chi connectivity index (χ4n) is 8.42. The molecule has 6 rings (SSSR count). The van der Waals surface area contributed by atoms with E-state index in [1.807, 2.05) is 0 Å². The first-order valence-corrected chi connectivity index (χ1v) is 17.9. The van der Waals surface area contributed by atoms with Crippen molar-refractivity contribution in [3.05, 3.63) is 66.2 Å². The van der Waals surface area contributed by atoms with E-state index in [1.54, 1.807) is 12.1 Å². The van der Waals surface area contributed by atoms with E-state index in [1.165, 1.54) is 55.9 Å². The lowest BCUT2D eigenvalue weighted by Gasteiger charge is -2.51. The van der Waals surface area contributed by atoms with Crippen molar-refractivity contribution in [1.29, 1.82) is 0 Å². The molecule has 8 nitrogen and oxygen atoms in total. The van der Waals surface area contributed by atoms with Gasteiger partial charge in [-0.3, -0.25) is 15.0 Å². The number of nitrogens with one attached hydrogen (secondary N) is 2. The molecule has 3 aliphatic rings. The molecular formula is C35H47N5O3S. The zero-order valence-corrected chi connectivity index (χ0v) is 27.0. The van der Waals surface area contributed by atoms with Crippen molar-refractivity contribution >= 4 is 32.9 Å². The number of rotatable bonds is 10. The van der Waals surface area contributed by atoms with Gasteiger partial charge in [0.05, 0.1) is 15.9 Å². The van der Waals surface area contributed by atoms with Crippen molar-refractivity contribution < 1.29 is 13.2 Å². The van der Waals surface area contributed by atoms with Crippen molar-refractivity contribution in [3.8, 4) is 0 Å². The Kier molecular flexibility index (Phi) is 9.00. The summed E-state index contributed by atoms with van der Waals surface area (Å²) in [5, 5.41) is 3.15. The highest BCUT2D eigenvalue weighted by Crippen LogP contribution is 2.54. The number of likely N-dealkylation sites (tertiary alicyclic amines) is 1. The quantitative estimate of drug-likeness (QED) is 0.247. The van der Waals surface area contributed by atoms with Crippen molar-refractivity contribution in [2.45, 2.75) is 88.6 Å². The van der Waals surface area contributed by atoms with Crippen LogP contribution in [-0.4, -0.2) is 48.4 Å². The molecule has 4 unspecified atom stereocenters. The van der Waals surface area contributed by atoms with Crippen LogP contribution in [0.3, 0.4) is 0 Å². The molecule has 1 amide bonds. The smallest absolute Gasteiger partial charge is 0.258 e. The van der Waals surface area contributed by atoms with E-state index >= 15 is 0 Å². The van der Waals surface area contributed by atoms with E-state index in [0.29, 0.717) is 23.7 Å². The zero-order valence-electron chi connectivity index (χ0n) is 26.2. The van der Waals surface area contributed by atoms with Gasteiger partial charge in [-0.05, 0) is 112 Å². The summed E-state index contributed by atoms with van der Waals surface area (Å²) in [6, 6.07) is 12.8. The van der Waals surface area contributed by atoms with Gasteiger partial charge in [-0.1, -0.05) is 44.9 Å². The maximum Gasteiger partial charge on any atom is 0.258 e. The SMILES string of the molecule is C=CCNS(=O)(=O)c1cccc(C(=O)Nc2nc3ccc(CN4CCCCC4)cc3n2C23CC(C)CC(CC(CC)C2)C3)c1. The topological polar surface area (TPSA) is 96.3 Å². The second kappa shape index (κ2) is 12.8. The molecule has 0 radical (unpaired) electrons. The summed E-state index contributed by atoms with van der Waals surface area (Å²) >= 11 is 0. The molecule has 2 bridgehead atoms. The normalized spacial score (nSPS) is 26.0. The minimum absolute atomic E-state index is 0.0449. The molecule has 3 aromatic rings. The van der Waals surface area contributed by atoms with Gasteiger partial charge < -0.3 is 4.57 Å². The predicted octanol–water partition coefficient (Wildman–Crippen LogP) is 6.69. The molecule has 1 aromatic heterocycles. The highest BCUT2D eigenvalue weighted by atomic mass is 32.2. The molecule has 1 saturated heterocycles. The van der Waals surface area contributed by atoms with E-state index < -0.39 is 10.0 Å². The summed E-state index contributed by atoms with van der Waals surface area (Å²) in [6.07, 6.45) is 12.2. The Morgan fingerprint density at radius 1 is 1.09 bits per heavy atom. The molecule has 236 valence electrons. The number of benzene rings is 2. The number of sulfonamides is 1. The molecule has 2 saturated carbocycles. The molecule has 0 spiro atoms. The number of hydrogen-bond acceptors (Lipinski definition) is 5. The molecule has 44 heavy (non-hydrogen) atoms. The number of fused-ring (bicyclic) bond motifs is 3. The van der Waals surface area contributed by atoms with Gasteiger partial charge in [-0.25, -0.2) is 18.1 Å². The Labute approximate surface area is 262 Å². The molecule has 9 heteroatoms. The van der Waals surface area contributed by atoms with Crippen molar-refractivity contribution in [3.63, 3.8) is 0 Å². The van der Waals surface area contributed by atoms with Crippen LogP contribution in [-0.2, 0) is 22.1 Å². The average Bonchev–Trinajstić information content (AvgIpc) is 3.37. The first kappa shape index (κ1) is 31.0. The Morgan fingerprint density at radius 2 is 1.91 bits per heavy atom. The lowest BCUT2D eigenvalue weighted by Crippen LogP contribution is -2.47. The third-order valence-electron chi connectivity index (χ3n) is 10.1. The van der Waals surface area contributed by atoms with Gasteiger partial charge in [0.15, 0.2) is 0 Å². The fourth-order valence-corrected chi connectivity index (χ4v) is 9.46. The summed E-state index contributed by atoms with van der Waals surface area (Å²) in [7, 11) is -3.77. The maximum atomic E-state index is 13.8. The molecular weight excluding hydrogens is 570 g/mol. The van der Waals surface area contributed by atoms with Crippen molar-refractivity contribution in [2.75, 3.05) is 25.0 Å². The fraction of sp³-hybridized carbons (Fsp3) is 0.543. The van der Waals surface area contributed by atoms with E-state index in [9.17, 15) is 13.2 Å². The monoisotopic (exact) mass is 617 g/mol. The van der Waals surface area contributed by atoms with Crippen LogP contribution in [0.5, 0.6) is 0 Å². The Bertz CT molecular complexity index is 1620. The molecule has 2 heterocycles. The van der Waals surface area contributed by atoms with Crippen LogP contribution in [0.1, 0.15) is 87.6 Å². The Morgan fingerprint density at radius 3 is 2.68 bits per heavy atom. The van der Waals surface area contributed by atoms with Crippen molar-refractivity contribution in [2.24, 2.45) is 17.8 Å². The number of anilines is 1. The highest BCUT2D eigenvalue weighted by molar-refractivity contribution is 7.89. The van der Waals surface area contributed by atoms with Crippen LogP contribution >= 0.6 is 0 Å². The van der Waals surface area contributed by atoms with Gasteiger partial charge in [-0.2, -0.15) is 0 Å². The van der Waals surface area contributed by atoms with Crippen LogP contribution < -0.4 is 10.0 Å². The number of carbonyl (C=O) groups is 1. The van der Waals surface area contributed by atoms with Crippen LogP contribution in [0, 0.1) is 17.8 Å². The third kappa shape index (κ3) is 6.37. The highest BCUT2D eigenvalue weighted by Gasteiger charge is 2.47. The number of carbonyl (C=O) groups excluding carboxylic acids is 1. The van der Waals surface area contributed by atoms with Crippen LogP contribution in [0.15, 0.2) is 60.0 Å². The van der Waals surface area contributed by atoms with Gasteiger partial charge in [0.1, 0.15) is 0 Å².